The number of rotatable bonds is 5. The number of carbonyl (C=O) groups is 1. The van der Waals surface area contributed by atoms with Crippen molar-refractivity contribution in [2.75, 3.05) is 51.9 Å². The molecule has 1 fully saturated rings. The van der Waals surface area contributed by atoms with Crippen LogP contribution in [0.1, 0.15) is 22.7 Å². The number of anilines is 1. The number of esters is 1. The fourth-order valence-corrected chi connectivity index (χ4v) is 7.79. The van der Waals surface area contributed by atoms with Crippen LogP contribution in [0.25, 0.3) is 21.9 Å². The zero-order valence-electron chi connectivity index (χ0n) is 24.5. The molecule has 2 aliphatic rings. The number of sulfonamides is 1. The molecule has 3 aromatic carbocycles. The highest BCUT2D eigenvalue weighted by molar-refractivity contribution is 7.89. The number of carbonyl (C=O) groups excluding carboxylic acids is 1. The normalized spacial score (nSPS) is 18.5. The van der Waals surface area contributed by atoms with Crippen LogP contribution in [0.15, 0.2) is 76.6 Å². The molecule has 45 heavy (non-hydrogen) atoms. The number of alkyl halides is 3. The fraction of sp³-hybridized carbons (Fsp3) is 0.312. The number of methoxy groups -OCH3 is 1. The molecule has 9 nitrogen and oxygen atoms in total. The van der Waals surface area contributed by atoms with Crippen molar-refractivity contribution in [3.05, 3.63) is 93.8 Å². The van der Waals surface area contributed by atoms with E-state index in [4.69, 9.17) is 9.47 Å². The van der Waals surface area contributed by atoms with Crippen LogP contribution in [0.2, 0.25) is 0 Å². The van der Waals surface area contributed by atoms with Crippen LogP contribution >= 0.6 is 0 Å². The van der Waals surface area contributed by atoms with Gasteiger partial charge in [0.25, 0.3) is 15.6 Å². The molecule has 1 unspecified atom stereocenters. The van der Waals surface area contributed by atoms with Crippen molar-refractivity contribution >= 4 is 32.5 Å². The molecule has 0 bridgehead atoms. The van der Waals surface area contributed by atoms with E-state index in [1.165, 1.54) is 19.2 Å². The Labute approximate surface area is 257 Å². The van der Waals surface area contributed by atoms with Gasteiger partial charge in [0, 0.05) is 38.7 Å². The maximum Gasteiger partial charge on any atom is 0.416 e. The lowest BCUT2D eigenvalue weighted by Gasteiger charge is -2.37. The van der Waals surface area contributed by atoms with Crippen LogP contribution < -0.4 is 10.5 Å². The number of ether oxygens (including phenoxy) is 2. The number of likely N-dealkylation sites (N-methyl/N-ethyl adjacent to an activating group) is 1. The van der Waals surface area contributed by atoms with Gasteiger partial charge in [-0.3, -0.25) is 9.36 Å². The third-order valence-electron chi connectivity index (χ3n) is 8.36. The smallest absolute Gasteiger partial charge is 0.416 e. The predicted molar refractivity (Wildman–Crippen MR) is 162 cm³/mol. The van der Waals surface area contributed by atoms with Crippen LogP contribution in [-0.2, 0) is 36.9 Å². The summed E-state index contributed by atoms with van der Waals surface area (Å²) in [7, 11) is -2.10. The average molecular weight is 642 g/mol. The first-order valence-electron chi connectivity index (χ1n) is 14.3. The molecular formula is C32H30F3N3O6S. The summed E-state index contributed by atoms with van der Waals surface area (Å²) in [5.74, 6) is -0.857. The molecule has 3 heterocycles. The van der Waals surface area contributed by atoms with E-state index in [1.807, 2.05) is 42.5 Å². The van der Waals surface area contributed by atoms with Gasteiger partial charge >= 0.3 is 12.1 Å². The van der Waals surface area contributed by atoms with Crippen molar-refractivity contribution < 1.29 is 35.9 Å². The molecule has 236 valence electrons. The van der Waals surface area contributed by atoms with Gasteiger partial charge in [-0.25, -0.2) is 13.2 Å². The molecule has 1 saturated heterocycles. The number of fused-ring (bicyclic) bond motifs is 2. The highest BCUT2D eigenvalue weighted by atomic mass is 32.2. The summed E-state index contributed by atoms with van der Waals surface area (Å²) in [4.78, 5) is 29.5. The van der Waals surface area contributed by atoms with Gasteiger partial charge in [-0.2, -0.15) is 17.5 Å². The van der Waals surface area contributed by atoms with E-state index in [2.05, 4.69) is 0 Å². The monoisotopic (exact) mass is 641 g/mol. The number of morpholine rings is 1. The molecule has 0 amide bonds. The van der Waals surface area contributed by atoms with Gasteiger partial charge in [0.2, 0.25) is 0 Å². The Morgan fingerprint density at radius 1 is 1.02 bits per heavy atom. The number of pyridine rings is 1. The van der Waals surface area contributed by atoms with Crippen LogP contribution in [-0.4, -0.2) is 70.3 Å². The number of aromatic nitrogens is 1. The number of halogens is 3. The zero-order valence-corrected chi connectivity index (χ0v) is 25.3. The van der Waals surface area contributed by atoms with Crippen LogP contribution in [0.3, 0.4) is 0 Å². The van der Waals surface area contributed by atoms with E-state index in [1.54, 1.807) is 4.90 Å². The van der Waals surface area contributed by atoms with E-state index in [0.29, 0.717) is 0 Å². The molecule has 6 rings (SSSR count). The summed E-state index contributed by atoms with van der Waals surface area (Å²) in [6.45, 7) is 0.697. The Kier molecular flexibility index (Phi) is 7.96. The topological polar surface area (TPSA) is 98.2 Å². The van der Waals surface area contributed by atoms with Gasteiger partial charge in [-0.15, -0.1) is 0 Å². The van der Waals surface area contributed by atoms with Gasteiger partial charge in [-0.05, 0) is 39.6 Å². The van der Waals surface area contributed by atoms with Crippen LogP contribution in [0.5, 0.6) is 0 Å². The second-order valence-corrected chi connectivity index (χ2v) is 13.0. The van der Waals surface area contributed by atoms with Crippen molar-refractivity contribution in [3.63, 3.8) is 0 Å². The van der Waals surface area contributed by atoms with Crippen LogP contribution in [0.4, 0.5) is 18.9 Å². The standard InChI is InChI=1S/C32H30F3N3O6S/c1-36-19-26(31(40)43-2)38-29(39)28(37-13-15-44-16-14-37)25(18-21-9-5-8-20-7-3-4-12-24(20)21)27(30(38)45(36,41)42)22-10-6-11-23(17-22)32(33,34)35/h3-12,17,26H,13-16,18-19H2,1-2H3. The number of nitrogens with zero attached hydrogens (tertiary/aromatic N) is 3. The zero-order chi connectivity index (χ0) is 32.1. The summed E-state index contributed by atoms with van der Waals surface area (Å²) in [5.41, 5.74) is -0.768. The maximum atomic E-state index is 14.6. The van der Waals surface area contributed by atoms with E-state index < -0.39 is 50.9 Å². The van der Waals surface area contributed by atoms with Gasteiger partial charge in [0.05, 0.1) is 25.9 Å². The van der Waals surface area contributed by atoms with Crippen molar-refractivity contribution in [2.45, 2.75) is 23.7 Å². The molecule has 0 radical (unpaired) electrons. The van der Waals surface area contributed by atoms with Crippen molar-refractivity contribution in [1.29, 1.82) is 0 Å². The quantitative estimate of drug-likeness (QED) is 0.297. The van der Waals surface area contributed by atoms with E-state index in [9.17, 15) is 31.2 Å². The first-order chi connectivity index (χ1) is 21.4. The molecular weight excluding hydrogens is 611 g/mol. The molecule has 0 spiro atoms. The SMILES string of the molecule is COC(=O)C1CN(C)S(=O)(=O)c2c(-c3cccc(C(F)(F)F)c3)c(Cc3cccc4ccccc34)c(N3CCOCC3)c(=O)n21. The van der Waals surface area contributed by atoms with Gasteiger partial charge in [0.1, 0.15) is 11.7 Å². The minimum Gasteiger partial charge on any atom is -0.467 e. The molecule has 0 aliphatic carbocycles. The third-order valence-corrected chi connectivity index (χ3v) is 10.2. The predicted octanol–water partition coefficient (Wildman–Crippen LogP) is 4.46. The summed E-state index contributed by atoms with van der Waals surface area (Å²) in [5, 5.41) is 1.19. The summed E-state index contributed by atoms with van der Waals surface area (Å²) in [6.07, 6.45) is -4.71. The molecule has 13 heteroatoms. The van der Waals surface area contributed by atoms with Crippen molar-refractivity contribution in [2.24, 2.45) is 0 Å². The Morgan fingerprint density at radius 3 is 2.42 bits per heavy atom. The summed E-state index contributed by atoms with van der Waals surface area (Å²) >= 11 is 0. The first-order valence-corrected chi connectivity index (χ1v) is 15.7. The largest absolute Gasteiger partial charge is 0.467 e. The lowest BCUT2D eigenvalue weighted by molar-refractivity contribution is -0.145. The number of benzene rings is 3. The molecule has 2 aliphatic heterocycles. The first kappa shape index (κ1) is 30.8. The maximum absolute atomic E-state index is 14.6. The van der Waals surface area contributed by atoms with Gasteiger partial charge in [-0.1, -0.05) is 54.6 Å². The van der Waals surface area contributed by atoms with Crippen molar-refractivity contribution in [3.8, 4) is 11.1 Å². The summed E-state index contributed by atoms with van der Waals surface area (Å²) in [6, 6.07) is 16.1. The van der Waals surface area contributed by atoms with Gasteiger partial charge in [0.15, 0.2) is 5.03 Å². The van der Waals surface area contributed by atoms with Crippen molar-refractivity contribution in [1.82, 2.24) is 8.87 Å². The van der Waals surface area contributed by atoms with Gasteiger partial charge < -0.3 is 14.4 Å². The Bertz CT molecular complexity index is 1960. The minimum atomic E-state index is -4.73. The number of hydrogen-bond donors (Lipinski definition) is 0. The third kappa shape index (κ3) is 5.38. The highest BCUT2D eigenvalue weighted by Gasteiger charge is 2.44. The molecule has 0 N–H and O–H groups in total. The summed E-state index contributed by atoms with van der Waals surface area (Å²) < 4.78 is 82.8. The highest BCUT2D eigenvalue weighted by Crippen LogP contribution is 2.43. The lowest BCUT2D eigenvalue weighted by Crippen LogP contribution is -2.50. The second-order valence-electron chi connectivity index (χ2n) is 11.0. The average Bonchev–Trinajstić information content (AvgIpc) is 3.03. The van der Waals surface area contributed by atoms with E-state index >= 15 is 0 Å². The van der Waals surface area contributed by atoms with Crippen LogP contribution in [0, 0.1) is 0 Å². The molecule has 0 saturated carbocycles. The Morgan fingerprint density at radius 2 is 1.71 bits per heavy atom. The Balaban J connectivity index is 1.79. The molecule has 1 atom stereocenters. The molecule has 1 aromatic heterocycles. The fourth-order valence-electron chi connectivity index (χ4n) is 6.20. The second kappa shape index (κ2) is 11.6. The number of hydrogen-bond acceptors (Lipinski definition) is 7. The van der Waals surface area contributed by atoms with E-state index in [-0.39, 0.29) is 55.1 Å². The lowest BCUT2D eigenvalue weighted by atomic mass is 9.91. The van der Waals surface area contributed by atoms with E-state index in [0.717, 1.165) is 44.5 Å². The Hall–Kier alpha value is -4.20. The minimum absolute atomic E-state index is 0.0187. The molecule has 4 aromatic rings.